The first-order valence-corrected chi connectivity index (χ1v) is 15.2. The average Bonchev–Trinajstić information content (AvgIpc) is 3.45. The molecule has 46 heavy (non-hydrogen) atoms. The first-order valence-electron chi connectivity index (χ1n) is 10.9. The van der Waals surface area contributed by atoms with Crippen molar-refractivity contribution in [1.29, 1.82) is 0 Å². The Bertz CT molecular complexity index is 2050. The van der Waals surface area contributed by atoms with Gasteiger partial charge in [-0.15, -0.1) is 4.73 Å². The molecule has 0 bridgehead atoms. The average molecular weight is 724 g/mol. The Labute approximate surface area is 252 Å². The lowest BCUT2D eigenvalue weighted by molar-refractivity contribution is -0.210. The van der Waals surface area contributed by atoms with Gasteiger partial charge in [0.05, 0.1) is 0 Å². The molecule has 25 nitrogen and oxygen atoms in total. The Morgan fingerprint density at radius 3 is 1.22 bits per heavy atom. The van der Waals surface area contributed by atoms with E-state index in [2.05, 4.69) is 0 Å². The summed E-state index contributed by atoms with van der Waals surface area (Å²) < 4.78 is 96.4. The maximum Gasteiger partial charge on any atom is 0.357 e. The minimum atomic E-state index is -5.79. The van der Waals surface area contributed by atoms with E-state index in [0.29, 0.717) is 0 Å². The molecule has 3 aromatic rings. The van der Waals surface area contributed by atoms with Gasteiger partial charge in [0, 0.05) is 18.2 Å². The van der Waals surface area contributed by atoms with Crippen LogP contribution in [0.4, 0.5) is 0 Å². The number of aliphatic carboxylic acids is 3. The molecule has 0 spiro atoms. The molecule has 0 aromatic carbocycles. The van der Waals surface area contributed by atoms with Gasteiger partial charge >= 0.3 is 17.9 Å². The molecule has 28 heteroatoms. The predicted molar refractivity (Wildman–Crippen MR) is 133 cm³/mol. The second kappa shape index (κ2) is 10.6. The number of aromatic hydroxyl groups is 6. The number of carboxylic acids is 3. The fourth-order valence-corrected chi connectivity index (χ4v) is 6.07. The SMILES string of the molecule is O=C(O)CC(On1c(O)cc(S(=O)(=O)O)c1O)(C(=O)O)C(C(=O)O)(n1c(O)cc(S(=O)(=O)O)c1O)n1c(O)cc(S(=O)(=O)O)c1O. The summed E-state index contributed by atoms with van der Waals surface area (Å²) in [6.45, 7) is 0. The number of rotatable bonds is 12. The number of hydrogen-bond acceptors (Lipinski definition) is 16. The van der Waals surface area contributed by atoms with Crippen LogP contribution in [-0.4, -0.2) is 122 Å². The van der Waals surface area contributed by atoms with E-state index in [-0.39, 0.29) is 18.2 Å². The number of nitrogens with zero attached hydrogens (tertiary/aromatic N) is 3. The molecule has 0 aliphatic rings. The van der Waals surface area contributed by atoms with Crippen molar-refractivity contribution in [2.45, 2.75) is 32.4 Å². The van der Waals surface area contributed by atoms with Crippen molar-refractivity contribution in [2.24, 2.45) is 0 Å². The Morgan fingerprint density at radius 1 is 0.609 bits per heavy atom. The highest BCUT2D eigenvalue weighted by molar-refractivity contribution is 7.86. The third kappa shape index (κ3) is 5.08. The summed E-state index contributed by atoms with van der Waals surface area (Å²) in [5.41, 5.74) is -9.54. The second-order valence-electron chi connectivity index (χ2n) is 8.73. The molecular formula is C18H17N3O22S3. The maximum atomic E-state index is 13.3. The minimum Gasteiger partial charge on any atom is -0.494 e. The molecule has 3 heterocycles. The van der Waals surface area contributed by atoms with Gasteiger partial charge in [0.1, 0.15) is 6.42 Å². The summed E-state index contributed by atoms with van der Waals surface area (Å²) in [6, 6.07) is -0.543. The standard InChI is InChI=1S/C18H17N3O22S3/c22-8-1-5(44(34,35)36)12(27)19(8)18(16(32)33,20-9(23)2-6(13(20)28)45(37,38)39)17(15(30)31,4-11(25)26)43-21-10(24)3-7(14(21)29)46(40,41)42/h1-3,22-24,27-29H,4H2,(H,25,26)(H,30,31)(H,32,33)(H,34,35,36)(H,37,38,39)(H,40,41,42). The van der Waals surface area contributed by atoms with E-state index in [1.807, 2.05) is 0 Å². The van der Waals surface area contributed by atoms with Crippen molar-refractivity contribution >= 4 is 48.3 Å². The van der Waals surface area contributed by atoms with Crippen molar-refractivity contribution in [3.05, 3.63) is 18.2 Å². The van der Waals surface area contributed by atoms with Crippen LogP contribution in [0, 0.1) is 0 Å². The van der Waals surface area contributed by atoms with Gasteiger partial charge in [-0.05, 0) is 0 Å². The summed E-state index contributed by atoms with van der Waals surface area (Å²) in [6.07, 6.45) is -2.47. The summed E-state index contributed by atoms with van der Waals surface area (Å²) >= 11 is 0. The fraction of sp³-hybridized carbons (Fsp3) is 0.167. The molecule has 12 N–H and O–H groups in total. The van der Waals surface area contributed by atoms with Gasteiger partial charge < -0.3 is 50.8 Å². The molecule has 0 fully saturated rings. The van der Waals surface area contributed by atoms with E-state index in [4.69, 9.17) is 4.84 Å². The number of carbonyl (C=O) groups is 3. The van der Waals surface area contributed by atoms with Gasteiger partial charge in [-0.1, -0.05) is 0 Å². The highest BCUT2D eigenvalue weighted by Crippen LogP contribution is 2.51. The van der Waals surface area contributed by atoms with Gasteiger partial charge in [0.15, 0.2) is 26.4 Å². The van der Waals surface area contributed by atoms with Crippen LogP contribution in [0.5, 0.6) is 35.3 Å². The van der Waals surface area contributed by atoms with Crippen molar-refractivity contribution in [3.8, 4) is 35.3 Å². The van der Waals surface area contributed by atoms with Crippen LogP contribution >= 0.6 is 0 Å². The molecule has 254 valence electrons. The van der Waals surface area contributed by atoms with Crippen LogP contribution in [0.25, 0.3) is 0 Å². The van der Waals surface area contributed by atoms with E-state index in [1.54, 1.807) is 0 Å². The highest BCUT2D eigenvalue weighted by Gasteiger charge is 2.73. The Balaban J connectivity index is 2.83. The van der Waals surface area contributed by atoms with E-state index in [1.165, 1.54) is 0 Å². The zero-order valence-electron chi connectivity index (χ0n) is 21.5. The Morgan fingerprint density at radius 2 is 0.957 bits per heavy atom. The van der Waals surface area contributed by atoms with Crippen molar-refractivity contribution in [3.63, 3.8) is 0 Å². The molecule has 0 amide bonds. The quantitative estimate of drug-likeness (QED) is 0.0817. The first kappa shape index (κ1) is 35.1. The topological polar surface area (TPSA) is 420 Å². The lowest BCUT2D eigenvalue weighted by Gasteiger charge is -2.44. The van der Waals surface area contributed by atoms with Gasteiger partial charge in [0.2, 0.25) is 17.6 Å². The summed E-state index contributed by atoms with van der Waals surface area (Å²) in [5, 5.41) is 94.0. The fourth-order valence-electron chi connectivity index (χ4n) is 4.35. The third-order valence-electron chi connectivity index (χ3n) is 6.06. The van der Waals surface area contributed by atoms with Crippen LogP contribution in [0.15, 0.2) is 32.9 Å². The van der Waals surface area contributed by atoms with Gasteiger partial charge in [-0.3, -0.25) is 18.5 Å². The lowest BCUT2D eigenvalue weighted by atomic mass is 9.82. The zero-order chi connectivity index (χ0) is 35.7. The van der Waals surface area contributed by atoms with Crippen molar-refractivity contribution in [1.82, 2.24) is 13.9 Å². The third-order valence-corrected chi connectivity index (χ3v) is 8.63. The lowest BCUT2D eigenvalue weighted by Crippen LogP contribution is -2.72. The molecule has 1 unspecified atom stereocenters. The molecule has 0 saturated heterocycles. The van der Waals surface area contributed by atoms with Gasteiger partial charge in [-0.2, -0.15) is 25.3 Å². The van der Waals surface area contributed by atoms with Crippen LogP contribution in [-0.2, 0) is 50.4 Å². The first-order chi connectivity index (χ1) is 20.7. The van der Waals surface area contributed by atoms with Crippen LogP contribution in [0.3, 0.4) is 0 Å². The summed E-state index contributed by atoms with van der Waals surface area (Å²) in [4.78, 5) is 37.7. The molecule has 0 radical (unpaired) electrons. The number of hydrogen-bond donors (Lipinski definition) is 12. The van der Waals surface area contributed by atoms with E-state index < -0.39 is 130 Å². The van der Waals surface area contributed by atoms with Crippen molar-refractivity contribution < 1.29 is 104 Å². The van der Waals surface area contributed by atoms with Crippen LogP contribution in [0.2, 0.25) is 0 Å². The monoisotopic (exact) mass is 723 g/mol. The molecular weight excluding hydrogens is 706 g/mol. The molecule has 1 atom stereocenters. The minimum absolute atomic E-state index is 0.0947. The normalized spacial score (nSPS) is 14.1. The van der Waals surface area contributed by atoms with E-state index in [0.717, 1.165) is 0 Å². The zero-order valence-corrected chi connectivity index (χ0v) is 23.9. The Hall–Kier alpha value is -5.42. The molecule has 3 aromatic heterocycles. The molecule has 0 aliphatic carbocycles. The molecule has 0 aliphatic heterocycles. The Kier molecular flexibility index (Phi) is 8.07. The highest BCUT2D eigenvalue weighted by atomic mass is 32.2. The molecule has 3 rings (SSSR count). The van der Waals surface area contributed by atoms with Crippen LogP contribution in [0.1, 0.15) is 6.42 Å². The van der Waals surface area contributed by atoms with E-state index in [9.17, 15) is 99.3 Å². The largest absolute Gasteiger partial charge is 0.494 e. The van der Waals surface area contributed by atoms with Gasteiger partial charge in [0.25, 0.3) is 47.5 Å². The van der Waals surface area contributed by atoms with Gasteiger partial charge in [-0.25, -0.2) is 18.7 Å². The van der Waals surface area contributed by atoms with Crippen molar-refractivity contribution in [2.75, 3.05) is 0 Å². The second-order valence-corrected chi connectivity index (χ2v) is 12.9. The molecule has 0 saturated carbocycles. The smallest absolute Gasteiger partial charge is 0.357 e. The van der Waals surface area contributed by atoms with Crippen LogP contribution < -0.4 is 4.84 Å². The summed E-state index contributed by atoms with van der Waals surface area (Å²) in [7, 11) is -17.2. The van der Waals surface area contributed by atoms with E-state index >= 15 is 0 Å². The maximum absolute atomic E-state index is 13.3. The summed E-state index contributed by atoms with van der Waals surface area (Å²) in [5.74, 6) is -21.2. The number of carboxylic acid groups (broad SMARTS) is 3. The predicted octanol–water partition coefficient (Wildman–Crippen LogP) is -3.22. The number of aromatic nitrogens is 3.